The van der Waals surface area contributed by atoms with Crippen molar-refractivity contribution >= 4 is 0 Å². The maximum atomic E-state index is 5.74. The van der Waals surface area contributed by atoms with Gasteiger partial charge in [0.05, 0.1) is 26.3 Å². The molecule has 0 unspecified atom stereocenters. The van der Waals surface area contributed by atoms with E-state index in [1.54, 1.807) is 0 Å². The molecular weight excluding hydrogens is 204 g/mol. The first kappa shape index (κ1) is 11.6. The SMILES string of the molecule is CCNCc1ccc(CN2CCOCC2)o1. The lowest BCUT2D eigenvalue weighted by Crippen LogP contribution is -2.35. The van der Waals surface area contributed by atoms with E-state index in [0.717, 1.165) is 57.5 Å². The van der Waals surface area contributed by atoms with Crippen LogP contribution in [0.1, 0.15) is 18.4 Å². The van der Waals surface area contributed by atoms with Gasteiger partial charge < -0.3 is 14.5 Å². The molecule has 0 bridgehead atoms. The van der Waals surface area contributed by atoms with Crippen LogP contribution in [0.15, 0.2) is 16.5 Å². The van der Waals surface area contributed by atoms with Crippen molar-refractivity contribution in [2.24, 2.45) is 0 Å². The van der Waals surface area contributed by atoms with Crippen LogP contribution in [0.3, 0.4) is 0 Å². The molecular formula is C12H20N2O2. The summed E-state index contributed by atoms with van der Waals surface area (Å²) >= 11 is 0. The van der Waals surface area contributed by atoms with E-state index in [1.807, 2.05) is 0 Å². The van der Waals surface area contributed by atoms with Crippen LogP contribution in [0.4, 0.5) is 0 Å². The first-order valence-electron chi connectivity index (χ1n) is 5.97. The standard InChI is InChI=1S/C12H20N2O2/c1-2-13-9-11-3-4-12(16-11)10-14-5-7-15-8-6-14/h3-4,13H,2,5-10H2,1H3. The maximum absolute atomic E-state index is 5.74. The van der Waals surface area contributed by atoms with Gasteiger partial charge in [0.15, 0.2) is 0 Å². The third kappa shape index (κ3) is 3.33. The summed E-state index contributed by atoms with van der Waals surface area (Å²) in [7, 11) is 0. The summed E-state index contributed by atoms with van der Waals surface area (Å²) in [6.45, 7) is 8.47. The Morgan fingerprint density at radius 3 is 2.75 bits per heavy atom. The molecule has 4 heteroatoms. The van der Waals surface area contributed by atoms with E-state index in [9.17, 15) is 0 Å². The highest BCUT2D eigenvalue weighted by Crippen LogP contribution is 2.11. The highest BCUT2D eigenvalue weighted by Gasteiger charge is 2.12. The van der Waals surface area contributed by atoms with Crippen molar-refractivity contribution in [2.45, 2.75) is 20.0 Å². The van der Waals surface area contributed by atoms with E-state index in [1.165, 1.54) is 0 Å². The first-order valence-corrected chi connectivity index (χ1v) is 5.97. The molecule has 1 saturated heterocycles. The van der Waals surface area contributed by atoms with E-state index >= 15 is 0 Å². The molecule has 0 radical (unpaired) electrons. The Bertz CT molecular complexity index is 306. The van der Waals surface area contributed by atoms with E-state index in [2.05, 4.69) is 29.3 Å². The fourth-order valence-electron chi connectivity index (χ4n) is 1.83. The Kier molecular flexibility index (Phi) is 4.39. The smallest absolute Gasteiger partial charge is 0.118 e. The fraction of sp³-hybridized carbons (Fsp3) is 0.667. The summed E-state index contributed by atoms with van der Waals surface area (Å²) in [5.41, 5.74) is 0. The second-order valence-electron chi connectivity index (χ2n) is 4.04. The van der Waals surface area contributed by atoms with E-state index in [0.29, 0.717) is 0 Å². The predicted octanol–water partition coefficient (Wildman–Crippen LogP) is 1.22. The molecule has 0 aromatic carbocycles. The Labute approximate surface area is 96.6 Å². The highest BCUT2D eigenvalue weighted by molar-refractivity contribution is 5.07. The number of furan rings is 1. The van der Waals surface area contributed by atoms with Gasteiger partial charge in [0.25, 0.3) is 0 Å². The number of ether oxygens (including phenoxy) is 1. The lowest BCUT2D eigenvalue weighted by Gasteiger charge is -2.25. The summed E-state index contributed by atoms with van der Waals surface area (Å²) in [5.74, 6) is 2.07. The number of nitrogens with zero attached hydrogens (tertiary/aromatic N) is 1. The lowest BCUT2D eigenvalue weighted by atomic mass is 10.3. The number of rotatable bonds is 5. The minimum atomic E-state index is 0.819. The molecule has 4 nitrogen and oxygen atoms in total. The van der Waals surface area contributed by atoms with Crippen molar-refractivity contribution < 1.29 is 9.15 Å². The molecule has 1 aliphatic heterocycles. The Balaban J connectivity index is 1.81. The van der Waals surface area contributed by atoms with Crippen molar-refractivity contribution in [2.75, 3.05) is 32.8 Å². The fourth-order valence-corrected chi connectivity index (χ4v) is 1.83. The third-order valence-corrected chi connectivity index (χ3v) is 2.75. The molecule has 0 aliphatic carbocycles. The van der Waals surface area contributed by atoms with Gasteiger partial charge in [-0.05, 0) is 18.7 Å². The van der Waals surface area contributed by atoms with Crippen LogP contribution >= 0.6 is 0 Å². The van der Waals surface area contributed by atoms with Crippen LogP contribution in [-0.4, -0.2) is 37.7 Å². The van der Waals surface area contributed by atoms with Gasteiger partial charge in [-0.25, -0.2) is 0 Å². The van der Waals surface area contributed by atoms with Crippen LogP contribution in [0, 0.1) is 0 Å². The summed E-state index contributed by atoms with van der Waals surface area (Å²) in [4.78, 5) is 2.36. The number of hydrogen-bond donors (Lipinski definition) is 1. The molecule has 2 heterocycles. The van der Waals surface area contributed by atoms with Crippen molar-refractivity contribution in [3.8, 4) is 0 Å². The van der Waals surface area contributed by atoms with Gasteiger partial charge in [0.1, 0.15) is 11.5 Å². The predicted molar refractivity (Wildman–Crippen MR) is 62.2 cm³/mol. The molecule has 0 saturated carbocycles. The number of nitrogens with one attached hydrogen (secondary N) is 1. The van der Waals surface area contributed by atoms with E-state index < -0.39 is 0 Å². The largest absolute Gasteiger partial charge is 0.463 e. The van der Waals surface area contributed by atoms with E-state index in [4.69, 9.17) is 9.15 Å². The van der Waals surface area contributed by atoms with Gasteiger partial charge in [0.2, 0.25) is 0 Å². The molecule has 0 spiro atoms. The Morgan fingerprint density at radius 2 is 2.00 bits per heavy atom. The third-order valence-electron chi connectivity index (χ3n) is 2.75. The molecule has 1 aromatic rings. The second kappa shape index (κ2) is 6.03. The van der Waals surface area contributed by atoms with Crippen LogP contribution in [0.25, 0.3) is 0 Å². The summed E-state index contributed by atoms with van der Waals surface area (Å²) in [6, 6.07) is 4.13. The molecule has 2 rings (SSSR count). The van der Waals surface area contributed by atoms with Crippen LogP contribution in [0.2, 0.25) is 0 Å². The molecule has 1 N–H and O–H groups in total. The van der Waals surface area contributed by atoms with Gasteiger partial charge in [-0.15, -0.1) is 0 Å². The first-order chi connectivity index (χ1) is 7.88. The van der Waals surface area contributed by atoms with Gasteiger partial charge in [-0.3, -0.25) is 4.90 Å². The topological polar surface area (TPSA) is 37.6 Å². The van der Waals surface area contributed by atoms with Crippen molar-refractivity contribution in [3.05, 3.63) is 23.7 Å². The monoisotopic (exact) mass is 224 g/mol. The average Bonchev–Trinajstić information content (AvgIpc) is 2.75. The molecule has 1 aromatic heterocycles. The minimum absolute atomic E-state index is 0.819. The molecule has 16 heavy (non-hydrogen) atoms. The Hall–Kier alpha value is -0.840. The molecule has 90 valence electrons. The van der Waals surface area contributed by atoms with Crippen molar-refractivity contribution in [1.29, 1.82) is 0 Å². The van der Waals surface area contributed by atoms with E-state index in [-0.39, 0.29) is 0 Å². The van der Waals surface area contributed by atoms with Crippen LogP contribution in [0.5, 0.6) is 0 Å². The average molecular weight is 224 g/mol. The molecule has 1 aliphatic rings. The van der Waals surface area contributed by atoms with Gasteiger partial charge in [-0.2, -0.15) is 0 Å². The highest BCUT2D eigenvalue weighted by atomic mass is 16.5. The van der Waals surface area contributed by atoms with Gasteiger partial charge in [0, 0.05) is 13.1 Å². The maximum Gasteiger partial charge on any atom is 0.118 e. The number of morpholine rings is 1. The Morgan fingerprint density at radius 1 is 1.25 bits per heavy atom. The van der Waals surface area contributed by atoms with Crippen molar-refractivity contribution in [1.82, 2.24) is 10.2 Å². The summed E-state index contributed by atoms with van der Waals surface area (Å²) in [6.07, 6.45) is 0. The van der Waals surface area contributed by atoms with Gasteiger partial charge in [-0.1, -0.05) is 6.92 Å². The molecule has 1 fully saturated rings. The molecule has 0 amide bonds. The minimum Gasteiger partial charge on any atom is -0.463 e. The van der Waals surface area contributed by atoms with Crippen LogP contribution in [-0.2, 0) is 17.8 Å². The van der Waals surface area contributed by atoms with Crippen LogP contribution < -0.4 is 5.32 Å². The molecule has 0 atom stereocenters. The second-order valence-corrected chi connectivity index (χ2v) is 4.04. The zero-order valence-corrected chi connectivity index (χ0v) is 9.87. The number of hydrogen-bond acceptors (Lipinski definition) is 4. The normalized spacial score (nSPS) is 17.8. The zero-order chi connectivity index (χ0) is 11.2. The van der Waals surface area contributed by atoms with Gasteiger partial charge >= 0.3 is 0 Å². The zero-order valence-electron chi connectivity index (χ0n) is 9.87. The summed E-state index contributed by atoms with van der Waals surface area (Å²) < 4.78 is 11.1. The quantitative estimate of drug-likeness (QED) is 0.816. The van der Waals surface area contributed by atoms with Crippen molar-refractivity contribution in [3.63, 3.8) is 0 Å². The summed E-state index contributed by atoms with van der Waals surface area (Å²) in [5, 5.41) is 3.25. The lowest BCUT2D eigenvalue weighted by molar-refractivity contribution is 0.0312.